The Bertz CT molecular complexity index is 1480. The molecule has 2 heterocycles. The second-order valence-electron chi connectivity index (χ2n) is 9.73. The lowest BCUT2D eigenvalue weighted by atomic mass is 10.2. The van der Waals surface area contributed by atoms with Crippen molar-refractivity contribution in [3.8, 4) is 5.75 Å². The van der Waals surface area contributed by atoms with Gasteiger partial charge in [-0.1, -0.05) is 29.8 Å². The molecule has 2 aliphatic rings. The normalized spacial score (nSPS) is 16.1. The zero-order chi connectivity index (χ0) is 29.5. The van der Waals surface area contributed by atoms with Crippen LogP contribution in [0.25, 0.3) is 6.08 Å². The number of morpholine rings is 1. The zero-order valence-electron chi connectivity index (χ0n) is 23.0. The molecule has 216 valence electrons. The minimum atomic E-state index is -0.532. The van der Waals surface area contributed by atoms with E-state index in [-0.39, 0.29) is 24.0 Å². The third-order valence-electron chi connectivity index (χ3n) is 6.59. The predicted molar refractivity (Wildman–Crippen MR) is 163 cm³/mol. The van der Waals surface area contributed by atoms with Gasteiger partial charge in [-0.15, -0.1) is 0 Å². The van der Waals surface area contributed by atoms with Gasteiger partial charge in [-0.05, 0) is 78.9 Å². The highest BCUT2D eigenvalue weighted by molar-refractivity contribution is 8.18. The Morgan fingerprint density at radius 2 is 1.50 bits per heavy atom. The highest BCUT2D eigenvalue weighted by Gasteiger charge is 2.36. The molecule has 0 saturated carbocycles. The summed E-state index contributed by atoms with van der Waals surface area (Å²) in [6.45, 7) is 4.40. The minimum absolute atomic E-state index is 0.161. The summed E-state index contributed by atoms with van der Waals surface area (Å²) in [4.78, 5) is 53.5. The van der Waals surface area contributed by atoms with E-state index < -0.39 is 17.1 Å². The van der Waals surface area contributed by atoms with Gasteiger partial charge >= 0.3 is 0 Å². The summed E-state index contributed by atoms with van der Waals surface area (Å²) < 4.78 is 10.9. The Morgan fingerprint density at radius 3 is 2.17 bits per heavy atom. The standard InChI is InChI=1S/C31H30N4O6S/c1-21-2-6-23(7-3-21)33-29(37)20-41-26-12-4-22(5-13-26)18-27-30(38)35(31(39)42-27)19-28(36)32-24-8-10-25(11-9-24)34-14-16-40-17-15-34/h2-13,18H,14-17,19-20H2,1H3,(H,32,36)(H,33,37)/b27-18+. The molecule has 10 nitrogen and oxygen atoms in total. The molecular weight excluding hydrogens is 556 g/mol. The lowest BCUT2D eigenvalue weighted by molar-refractivity contribution is -0.127. The average molecular weight is 587 g/mol. The summed E-state index contributed by atoms with van der Waals surface area (Å²) in [6, 6.07) is 21.7. The van der Waals surface area contributed by atoms with Crippen LogP contribution in [0.5, 0.6) is 5.75 Å². The van der Waals surface area contributed by atoms with Gasteiger partial charge in [0, 0.05) is 30.2 Å². The molecule has 0 radical (unpaired) electrons. The fourth-order valence-electron chi connectivity index (χ4n) is 4.35. The number of nitrogens with one attached hydrogen (secondary N) is 2. The highest BCUT2D eigenvalue weighted by Crippen LogP contribution is 2.32. The number of anilines is 3. The van der Waals surface area contributed by atoms with E-state index in [9.17, 15) is 19.2 Å². The van der Waals surface area contributed by atoms with Crippen molar-refractivity contribution in [2.75, 3.05) is 55.0 Å². The Balaban J connectivity index is 1.11. The molecule has 4 amide bonds. The van der Waals surface area contributed by atoms with E-state index in [0.717, 1.165) is 41.0 Å². The topological polar surface area (TPSA) is 117 Å². The maximum absolute atomic E-state index is 12.9. The number of thioether (sulfide) groups is 1. The van der Waals surface area contributed by atoms with E-state index in [1.165, 1.54) is 0 Å². The number of nitrogens with zero attached hydrogens (tertiary/aromatic N) is 2. The van der Waals surface area contributed by atoms with Crippen LogP contribution in [0.4, 0.5) is 21.9 Å². The van der Waals surface area contributed by atoms with Gasteiger partial charge in [0.2, 0.25) is 5.91 Å². The summed E-state index contributed by atoms with van der Waals surface area (Å²) >= 11 is 0.781. The van der Waals surface area contributed by atoms with Gasteiger partial charge in [-0.25, -0.2) is 0 Å². The second-order valence-corrected chi connectivity index (χ2v) is 10.7. The minimum Gasteiger partial charge on any atom is -0.484 e. The molecule has 0 aromatic heterocycles. The fourth-order valence-corrected chi connectivity index (χ4v) is 5.19. The van der Waals surface area contributed by atoms with Crippen molar-refractivity contribution in [2.24, 2.45) is 0 Å². The monoisotopic (exact) mass is 586 g/mol. The first-order valence-corrected chi connectivity index (χ1v) is 14.2. The lowest BCUT2D eigenvalue weighted by Crippen LogP contribution is -2.36. The number of rotatable bonds is 9. The third-order valence-corrected chi connectivity index (χ3v) is 7.49. The van der Waals surface area contributed by atoms with Gasteiger partial charge in [0.15, 0.2) is 6.61 Å². The first-order valence-electron chi connectivity index (χ1n) is 13.4. The largest absolute Gasteiger partial charge is 0.484 e. The van der Waals surface area contributed by atoms with Crippen molar-refractivity contribution in [1.29, 1.82) is 0 Å². The van der Waals surface area contributed by atoms with Crippen LogP contribution in [0, 0.1) is 6.92 Å². The number of hydrogen-bond acceptors (Lipinski definition) is 8. The number of ether oxygens (including phenoxy) is 2. The predicted octanol–water partition coefficient (Wildman–Crippen LogP) is 4.52. The van der Waals surface area contributed by atoms with Crippen LogP contribution in [0.1, 0.15) is 11.1 Å². The van der Waals surface area contributed by atoms with Crippen molar-refractivity contribution in [1.82, 2.24) is 4.90 Å². The Morgan fingerprint density at radius 1 is 0.881 bits per heavy atom. The summed E-state index contributed by atoms with van der Waals surface area (Å²) in [5.74, 6) is -0.805. The van der Waals surface area contributed by atoms with E-state index in [4.69, 9.17) is 9.47 Å². The number of aryl methyl sites for hydroxylation is 1. The summed E-state index contributed by atoms with van der Waals surface area (Å²) in [6.07, 6.45) is 1.58. The molecule has 2 saturated heterocycles. The number of benzene rings is 3. The van der Waals surface area contributed by atoms with Gasteiger partial charge in [-0.2, -0.15) is 0 Å². The number of carbonyl (C=O) groups excluding carboxylic acids is 4. The van der Waals surface area contributed by atoms with Crippen molar-refractivity contribution in [3.63, 3.8) is 0 Å². The van der Waals surface area contributed by atoms with Gasteiger partial charge in [0.25, 0.3) is 17.1 Å². The van der Waals surface area contributed by atoms with Crippen LogP contribution in [0.2, 0.25) is 0 Å². The molecule has 5 rings (SSSR count). The first kappa shape index (κ1) is 28.9. The van der Waals surface area contributed by atoms with Crippen LogP contribution in [-0.2, 0) is 19.1 Å². The molecular formula is C31H30N4O6S. The summed E-state index contributed by atoms with van der Waals surface area (Å²) in [5, 5.41) is 5.01. The van der Waals surface area contributed by atoms with Crippen LogP contribution >= 0.6 is 11.8 Å². The number of imide groups is 1. The Labute approximate surface area is 247 Å². The maximum atomic E-state index is 12.9. The molecule has 0 aliphatic carbocycles. The summed E-state index contributed by atoms with van der Waals surface area (Å²) in [7, 11) is 0. The van der Waals surface area contributed by atoms with E-state index in [0.29, 0.717) is 35.9 Å². The fraction of sp³-hybridized carbons (Fsp3) is 0.226. The number of amides is 4. The second kappa shape index (κ2) is 13.4. The smallest absolute Gasteiger partial charge is 0.294 e. The van der Waals surface area contributed by atoms with Crippen LogP contribution < -0.4 is 20.3 Å². The van der Waals surface area contributed by atoms with Gasteiger partial charge in [0.1, 0.15) is 12.3 Å². The van der Waals surface area contributed by atoms with Crippen molar-refractivity contribution in [3.05, 3.63) is 88.8 Å². The highest BCUT2D eigenvalue weighted by atomic mass is 32.2. The molecule has 2 aliphatic heterocycles. The first-order chi connectivity index (χ1) is 20.3. The van der Waals surface area contributed by atoms with E-state index in [2.05, 4.69) is 15.5 Å². The third kappa shape index (κ3) is 7.56. The van der Waals surface area contributed by atoms with Gasteiger partial charge in [0.05, 0.1) is 18.1 Å². The SMILES string of the molecule is Cc1ccc(NC(=O)COc2ccc(/C=C3/SC(=O)N(CC(=O)Nc4ccc(N5CCOCC5)cc4)C3=O)cc2)cc1. The Kier molecular flexibility index (Phi) is 9.20. The number of hydrogen-bond donors (Lipinski definition) is 2. The van der Waals surface area contributed by atoms with Gasteiger partial charge < -0.3 is 25.0 Å². The van der Waals surface area contributed by atoms with E-state index in [1.54, 1.807) is 42.5 Å². The van der Waals surface area contributed by atoms with E-state index >= 15 is 0 Å². The number of carbonyl (C=O) groups is 4. The Hall–Kier alpha value is -4.61. The molecule has 42 heavy (non-hydrogen) atoms. The molecule has 2 N–H and O–H groups in total. The van der Waals surface area contributed by atoms with Crippen LogP contribution in [-0.4, -0.2) is 67.3 Å². The molecule has 3 aromatic carbocycles. The molecule has 0 unspecified atom stereocenters. The maximum Gasteiger partial charge on any atom is 0.294 e. The van der Waals surface area contributed by atoms with Crippen LogP contribution in [0.15, 0.2) is 77.7 Å². The van der Waals surface area contributed by atoms with Crippen LogP contribution in [0.3, 0.4) is 0 Å². The van der Waals surface area contributed by atoms with E-state index in [1.807, 2.05) is 43.3 Å². The molecule has 3 aromatic rings. The molecule has 11 heteroatoms. The molecule has 0 atom stereocenters. The molecule has 0 bridgehead atoms. The zero-order valence-corrected chi connectivity index (χ0v) is 23.8. The average Bonchev–Trinajstić information content (AvgIpc) is 3.26. The molecule has 2 fully saturated rings. The summed E-state index contributed by atoms with van der Waals surface area (Å²) in [5.41, 5.74) is 4.07. The molecule has 0 spiro atoms. The van der Waals surface area contributed by atoms with Crippen molar-refractivity contribution < 1.29 is 28.7 Å². The lowest BCUT2D eigenvalue weighted by Gasteiger charge is -2.28. The van der Waals surface area contributed by atoms with Crippen molar-refractivity contribution >= 4 is 57.9 Å². The van der Waals surface area contributed by atoms with Gasteiger partial charge in [-0.3, -0.25) is 24.1 Å². The quantitative estimate of drug-likeness (QED) is 0.352. The van der Waals surface area contributed by atoms with Crippen molar-refractivity contribution in [2.45, 2.75) is 6.92 Å².